The lowest BCUT2D eigenvalue weighted by molar-refractivity contribution is 0.456. The molecule has 1 N–H and O–H groups in total. The zero-order valence-corrected chi connectivity index (χ0v) is 12.1. The molecule has 1 aromatic heterocycles. The van der Waals surface area contributed by atoms with Crippen LogP contribution in [0.3, 0.4) is 0 Å². The molecular formula is C14H22ClNS. The average molecular weight is 272 g/mol. The Labute approximate surface area is 114 Å². The maximum Gasteiger partial charge on any atom is 0.0931 e. The van der Waals surface area contributed by atoms with Gasteiger partial charge in [-0.05, 0) is 49.2 Å². The van der Waals surface area contributed by atoms with Gasteiger partial charge in [0, 0.05) is 6.04 Å². The second kappa shape index (κ2) is 6.77. The van der Waals surface area contributed by atoms with E-state index in [0.717, 1.165) is 16.8 Å². The van der Waals surface area contributed by atoms with Crippen molar-refractivity contribution in [2.45, 2.75) is 51.5 Å². The minimum absolute atomic E-state index is 0.433. The Morgan fingerprint density at radius 3 is 2.88 bits per heavy atom. The van der Waals surface area contributed by atoms with Crippen LogP contribution in [-0.2, 0) is 0 Å². The third-order valence-electron chi connectivity index (χ3n) is 3.80. The van der Waals surface area contributed by atoms with E-state index in [4.69, 9.17) is 11.6 Å². The molecule has 0 saturated heterocycles. The van der Waals surface area contributed by atoms with Gasteiger partial charge >= 0.3 is 0 Å². The lowest BCUT2D eigenvalue weighted by Gasteiger charge is -2.13. The molecule has 0 aliphatic heterocycles. The van der Waals surface area contributed by atoms with Crippen molar-refractivity contribution >= 4 is 22.9 Å². The Hall–Kier alpha value is -0.0500. The second-order valence-corrected chi connectivity index (χ2v) is 6.70. The van der Waals surface area contributed by atoms with Gasteiger partial charge in [0.1, 0.15) is 0 Å². The Kier molecular flexibility index (Phi) is 5.33. The molecule has 1 nitrogen and oxygen atoms in total. The molecule has 96 valence electrons. The van der Waals surface area contributed by atoms with Gasteiger partial charge in [0.05, 0.1) is 4.34 Å². The molecule has 1 unspecified atom stereocenters. The molecule has 1 saturated carbocycles. The van der Waals surface area contributed by atoms with Crippen LogP contribution in [0.15, 0.2) is 11.4 Å². The summed E-state index contributed by atoms with van der Waals surface area (Å²) in [6.07, 6.45) is 8.58. The van der Waals surface area contributed by atoms with Gasteiger partial charge < -0.3 is 5.32 Å². The Morgan fingerprint density at radius 2 is 2.24 bits per heavy atom. The predicted molar refractivity (Wildman–Crippen MR) is 76.9 cm³/mol. The fourth-order valence-electron chi connectivity index (χ4n) is 2.68. The van der Waals surface area contributed by atoms with E-state index in [0.29, 0.717) is 6.04 Å². The van der Waals surface area contributed by atoms with Gasteiger partial charge in [0.25, 0.3) is 0 Å². The van der Waals surface area contributed by atoms with Crippen molar-refractivity contribution in [1.29, 1.82) is 0 Å². The van der Waals surface area contributed by atoms with E-state index < -0.39 is 0 Å². The van der Waals surface area contributed by atoms with Gasteiger partial charge in [-0.1, -0.05) is 37.3 Å². The van der Waals surface area contributed by atoms with Crippen LogP contribution in [0, 0.1) is 5.92 Å². The largest absolute Gasteiger partial charge is 0.310 e. The maximum atomic E-state index is 5.94. The summed E-state index contributed by atoms with van der Waals surface area (Å²) in [7, 11) is 0. The first-order valence-electron chi connectivity index (χ1n) is 6.73. The smallest absolute Gasteiger partial charge is 0.0931 e. The summed E-state index contributed by atoms with van der Waals surface area (Å²) in [5, 5.41) is 5.73. The molecule has 0 aromatic carbocycles. The summed E-state index contributed by atoms with van der Waals surface area (Å²) in [4.78, 5) is 0. The normalized spacial score (nSPS) is 18.7. The van der Waals surface area contributed by atoms with Crippen LogP contribution < -0.4 is 5.32 Å². The van der Waals surface area contributed by atoms with Crippen LogP contribution >= 0.6 is 22.9 Å². The van der Waals surface area contributed by atoms with Gasteiger partial charge in [-0.15, -0.1) is 11.3 Å². The number of nitrogens with one attached hydrogen (secondary N) is 1. The highest BCUT2D eigenvalue weighted by Gasteiger charge is 2.14. The van der Waals surface area contributed by atoms with Gasteiger partial charge in [-0.25, -0.2) is 0 Å². The number of halogens is 1. The van der Waals surface area contributed by atoms with Crippen LogP contribution in [0.5, 0.6) is 0 Å². The number of thiophene rings is 1. The Bertz CT molecular complexity index is 331. The summed E-state index contributed by atoms with van der Waals surface area (Å²) in [5.41, 5.74) is 1.32. The molecule has 1 atom stereocenters. The first-order chi connectivity index (χ1) is 8.25. The predicted octanol–water partition coefficient (Wildman–Crippen LogP) is 5.02. The third kappa shape index (κ3) is 4.27. The number of hydrogen-bond donors (Lipinski definition) is 1. The molecule has 0 amide bonds. The number of hydrogen-bond acceptors (Lipinski definition) is 2. The van der Waals surface area contributed by atoms with Crippen LogP contribution in [-0.4, -0.2) is 6.54 Å². The lowest BCUT2D eigenvalue weighted by Crippen LogP contribution is -2.19. The highest BCUT2D eigenvalue weighted by atomic mass is 35.5. The van der Waals surface area contributed by atoms with Crippen molar-refractivity contribution in [2.24, 2.45) is 5.92 Å². The van der Waals surface area contributed by atoms with Crippen molar-refractivity contribution in [3.8, 4) is 0 Å². The standard InChI is InChI=1S/C14H22ClNS/c1-11(13-9-14(15)17-10-13)16-8-4-7-12-5-2-3-6-12/h9-12,16H,2-8H2,1H3. The molecule has 1 aliphatic carbocycles. The highest BCUT2D eigenvalue weighted by Crippen LogP contribution is 2.28. The summed E-state index contributed by atoms with van der Waals surface area (Å²) >= 11 is 7.56. The first-order valence-corrected chi connectivity index (χ1v) is 7.99. The Morgan fingerprint density at radius 1 is 1.47 bits per heavy atom. The fraction of sp³-hybridized carbons (Fsp3) is 0.714. The second-order valence-electron chi connectivity index (χ2n) is 5.15. The SMILES string of the molecule is CC(NCCCC1CCCC1)c1csc(Cl)c1. The van der Waals surface area contributed by atoms with Gasteiger partial charge in [0.15, 0.2) is 0 Å². The van der Waals surface area contributed by atoms with E-state index in [1.165, 1.54) is 44.1 Å². The summed E-state index contributed by atoms with van der Waals surface area (Å²) in [5.74, 6) is 1.02. The van der Waals surface area contributed by atoms with E-state index >= 15 is 0 Å². The molecule has 3 heteroatoms. The summed E-state index contributed by atoms with van der Waals surface area (Å²) < 4.78 is 0.889. The molecule has 0 spiro atoms. The van der Waals surface area contributed by atoms with Crippen LogP contribution in [0.1, 0.15) is 57.1 Å². The molecule has 0 bridgehead atoms. The summed E-state index contributed by atoms with van der Waals surface area (Å²) in [6.45, 7) is 3.35. The zero-order chi connectivity index (χ0) is 12.1. The van der Waals surface area contributed by atoms with E-state index in [1.807, 2.05) is 0 Å². The fourth-order valence-corrected chi connectivity index (χ4v) is 3.66. The third-order valence-corrected chi connectivity index (χ3v) is 4.91. The zero-order valence-electron chi connectivity index (χ0n) is 10.5. The van der Waals surface area contributed by atoms with Gasteiger partial charge in [-0.3, -0.25) is 0 Å². The number of rotatable bonds is 6. The van der Waals surface area contributed by atoms with Gasteiger partial charge in [0.2, 0.25) is 0 Å². The average Bonchev–Trinajstić information content (AvgIpc) is 2.95. The van der Waals surface area contributed by atoms with Crippen molar-refractivity contribution < 1.29 is 0 Å². The quantitative estimate of drug-likeness (QED) is 0.716. The minimum atomic E-state index is 0.433. The topological polar surface area (TPSA) is 12.0 Å². The monoisotopic (exact) mass is 271 g/mol. The molecule has 2 rings (SSSR count). The van der Waals surface area contributed by atoms with E-state index in [-0.39, 0.29) is 0 Å². The molecule has 1 aromatic rings. The molecule has 0 radical (unpaired) electrons. The minimum Gasteiger partial charge on any atom is -0.310 e. The summed E-state index contributed by atoms with van der Waals surface area (Å²) in [6, 6.07) is 2.50. The van der Waals surface area contributed by atoms with Crippen molar-refractivity contribution in [2.75, 3.05) is 6.54 Å². The molecule has 1 aliphatic rings. The van der Waals surface area contributed by atoms with Crippen molar-refractivity contribution in [1.82, 2.24) is 5.32 Å². The molecule has 1 heterocycles. The van der Waals surface area contributed by atoms with Crippen LogP contribution in [0.25, 0.3) is 0 Å². The Balaban J connectivity index is 1.61. The van der Waals surface area contributed by atoms with Gasteiger partial charge in [-0.2, -0.15) is 0 Å². The van der Waals surface area contributed by atoms with Crippen LogP contribution in [0.4, 0.5) is 0 Å². The maximum absolute atomic E-state index is 5.94. The molecule has 17 heavy (non-hydrogen) atoms. The van der Waals surface area contributed by atoms with E-state index in [1.54, 1.807) is 11.3 Å². The van der Waals surface area contributed by atoms with Crippen LogP contribution in [0.2, 0.25) is 4.34 Å². The first kappa shape index (κ1) is 13.4. The van der Waals surface area contributed by atoms with Crippen molar-refractivity contribution in [3.05, 3.63) is 21.3 Å². The van der Waals surface area contributed by atoms with Crippen molar-refractivity contribution in [3.63, 3.8) is 0 Å². The molecule has 1 fully saturated rings. The lowest BCUT2D eigenvalue weighted by atomic mass is 10.0. The highest BCUT2D eigenvalue weighted by molar-refractivity contribution is 7.14. The van der Waals surface area contributed by atoms with E-state index in [2.05, 4.69) is 23.7 Å². The van der Waals surface area contributed by atoms with E-state index in [9.17, 15) is 0 Å². The molecular weight excluding hydrogens is 250 g/mol.